The number of aliphatic hydroxyl groups excluding tert-OH is 1. The van der Waals surface area contributed by atoms with E-state index in [-0.39, 0.29) is 6.54 Å². The van der Waals surface area contributed by atoms with Gasteiger partial charge in [0.15, 0.2) is 11.6 Å². The minimum absolute atomic E-state index is 0.246. The van der Waals surface area contributed by atoms with E-state index in [4.69, 9.17) is 0 Å². The first-order valence-electron chi connectivity index (χ1n) is 4.67. The number of hydrogen-bond donors (Lipinski definition) is 2. The van der Waals surface area contributed by atoms with Crippen LogP contribution in [0.25, 0.3) is 0 Å². The smallest absolute Gasteiger partial charge is 0.159 e. The molecule has 2 nitrogen and oxygen atoms in total. The van der Waals surface area contributed by atoms with E-state index in [2.05, 4.69) is 27.8 Å². The highest BCUT2D eigenvalue weighted by atomic mass is 79.9. The minimum Gasteiger partial charge on any atom is -0.387 e. The van der Waals surface area contributed by atoms with Crippen molar-refractivity contribution in [2.45, 2.75) is 6.10 Å². The largest absolute Gasteiger partial charge is 0.387 e. The SMILES string of the molecule is C=C(Br)CNCC(O)c1ccc(F)c(F)c1. The quantitative estimate of drug-likeness (QED) is 0.874. The lowest BCUT2D eigenvalue weighted by Crippen LogP contribution is -2.22. The molecule has 0 heterocycles. The van der Waals surface area contributed by atoms with Gasteiger partial charge in [-0.3, -0.25) is 0 Å². The zero-order valence-corrected chi connectivity index (χ0v) is 10.1. The van der Waals surface area contributed by atoms with Crippen molar-refractivity contribution in [3.8, 4) is 0 Å². The molecule has 0 bridgehead atoms. The van der Waals surface area contributed by atoms with Crippen LogP contribution in [0.2, 0.25) is 0 Å². The van der Waals surface area contributed by atoms with Crippen LogP contribution in [0, 0.1) is 11.6 Å². The van der Waals surface area contributed by atoms with Gasteiger partial charge >= 0.3 is 0 Å². The molecule has 1 rings (SSSR count). The van der Waals surface area contributed by atoms with Gasteiger partial charge < -0.3 is 10.4 Å². The summed E-state index contributed by atoms with van der Waals surface area (Å²) < 4.78 is 26.2. The Morgan fingerprint density at radius 1 is 1.44 bits per heavy atom. The van der Waals surface area contributed by atoms with E-state index in [9.17, 15) is 13.9 Å². The second-order valence-corrected chi connectivity index (χ2v) is 4.46. The molecule has 5 heteroatoms. The third-order valence-corrected chi connectivity index (χ3v) is 2.26. The molecule has 1 unspecified atom stereocenters. The third kappa shape index (κ3) is 4.00. The molecular weight excluding hydrogens is 280 g/mol. The summed E-state index contributed by atoms with van der Waals surface area (Å²) in [5.41, 5.74) is 0.339. The van der Waals surface area contributed by atoms with Crippen LogP contribution < -0.4 is 5.32 Å². The maximum Gasteiger partial charge on any atom is 0.159 e. The van der Waals surface area contributed by atoms with E-state index >= 15 is 0 Å². The number of rotatable bonds is 5. The Morgan fingerprint density at radius 3 is 2.69 bits per heavy atom. The monoisotopic (exact) mass is 291 g/mol. The molecule has 16 heavy (non-hydrogen) atoms. The molecule has 1 atom stereocenters. The van der Waals surface area contributed by atoms with Crippen molar-refractivity contribution >= 4 is 15.9 Å². The number of nitrogens with one attached hydrogen (secondary N) is 1. The van der Waals surface area contributed by atoms with E-state index in [0.717, 1.165) is 16.6 Å². The predicted molar refractivity (Wildman–Crippen MR) is 62.3 cm³/mol. The second kappa shape index (κ2) is 6.08. The zero-order valence-electron chi connectivity index (χ0n) is 8.51. The van der Waals surface area contributed by atoms with Gasteiger partial charge in [0.2, 0.25) is 0 Å². The van der Waals surface area contributed by atoms with Crippen molar-refractivity contribution in [1.29, 1.82) is 0 Å². The van der Waals surface area contributed by atoms with Gasteiger partial charge in [-0.15, -0.1) is 0 Å². The first-order chi connectivity index (χ1) is 7.50. The third-order valence-electron chi connectivity index (χ3n) is 1.98. The van der Waals surface area contributed by atoms with E-state index in [1.807, 2.05) is 0 Å². The van der Waals surface area contributed by atoms with Crippen LogP contribution in [-0.2, 0) is 0 Å². The first-order valence-corrected chi connectivity index (χ1v) is 5.47. The summed E-state index contributed by atoms with van der Waals surface area (Å²) in [6.07, 6.45) is -0.873. The average molecular weight is 292 g/mol. The summed E-state index contributed by atoms with van der Waals surface area (Å²) in [6, 6.07) is 3.34. The molecule has 0 saturated carbocycles. The van der Waals surface area contributed by atoms with Gasteiger partial charge in [-0.2, -0.15) is 0 Å². The molecule has 0 aromatic heterocycles. The topological polar surface area (TPSA) is 32.3 Å². The molecule has 0 fully saturated rings. The van der Waals surface area contributed by atoms with Crippen molar-refractivity contribution < 1.29 is 13.9 Å². The fourth-order valence-corrected chi connectivity index (χ4v) is 1.38. The average Bonchev–Trinajstić information content (AvgIpc) is 2.21. The van der Waals surface area contributed by atoms with Gasteiger partial charge in [0.1, 0.15) is 0 Å². The molecular formula is C11H12BrF2NO. The van der Waals surface area contributed by atoms with Crippen LogP contribution in [-0.4, -0.2) is 18.2 Å². The molecule has 0 spiro atoms. The summed E-state index contributed by atoms with van der Waals surface area (Å²) in [4.78, 5) is 0. The molecule has 0 aliphatic heterocycles. The number of aliphatic hydroxyl groups is 1. The Hall–Kier alpha value is -0.780. The highest BCUT2D eigenvalue weighted by Gasteiger charge is 2.10. The Labute approximate surface area is 101 Å². The molecule has 88 valence electrons. The normalized spacial score (nSPS) is 12.5. The maximum atomic E-state index is 12.9. The van der Waals surface area contributed by atoms with Crippen molar-refractivity contribution in [1.82, 2.24) is 5.32 Å². The lowest BCUT2D eigenvalue weighted by Gasteiger charge is -2.12. The van der Waals surface area contributed by atoms with Crippen molar-refractivity contribution in [3.63, 3.8) is 0 Å². The Bertz CT molecular complexity index is 384. The molecule has 2 N–H and O–H groups in total. The van der Waals surface area contributed by atoms with Gasteiger partial charge in [-0.1, -0.05) is 28.6 Å². The summed E-state index contributed by atoms with van der Waals surface area (Å²) in [5, 5.41) is 12.6. The molecule has 1 aromatic carbocycles. The fourth-order valence-electron chi connectivity index (χ4n) is 1.18. The highest BCUT2D eigenvalue weighted by molar-refractivity contribution is 9.11. The molecule has 0 aliphatic rings. The highest BCUT2D eigenvalue weighted by Crippen LogP contribution is 2.15. The lowest BCUT2D eigenvalue weighted by molar-refractivity contribution is 0.175. The fraction of sp³-hybridized carbons (Fsp3) is 0.273. The van der Waals surface area contributed by atoms with Gasteiger partial charge in [0, 0.05) is 17.6 Å². The van der Waals surface area contributed by atoms with Crippen LogP contribution in [0.4, 0.5) is 8.78 Å². The maximum absolute atomic E-state index is 12.9. The van der Waals surface area contributed by atoms with Crippen molar-refractivity contribution in [2.24, 2.45) is 0 Å². The molecule has 1 aromatic rings. The summed E-state index contributed by atoms with van der Waals surface area (Å²) in [6.45, 7) is 4.36. The van der Waals surface area contributed by atoms with Gasteiger partial charge in [0.05, 0.1) is 6.10 Å². The number of benzene rings is 1. The van der Waals surface area contributed by atoms with E-state index in [0.29, 0.717) is 12.1 Å². The summed E-state index contributed by atoms with van der Waals surface area (Å²) in [7, 11) is 0. The minimum atomic E-state index is -0.957. The lowest BCUT2D eigenvalue weighted by atomic mass is 10.1. The van der Waals surface area contributed by atoms with E-state index < -0.39 is 17.7 Å². The van der Waals surface area contributed by atoms with Crippen LogP contribution >= 0.6 is 15.9 Å². The zero-order chi connectivity index (χ0) is 12.1. The van der Waals surface area contributed by atoms with Crippen LogP contribution in [0.5, 0.6) is 0 Å². The molecule has 0 aliphatic carbocycles. The van der Waals surface area contributed by atoms with Crippen LogP contribution in [0.1, 0.15) is 11.7 Å². The Kier molecular flexibility index (Phi) is 5.05. The predicted octanol–water partition coefficient (Wildman–Crippen LogP) is 2.50. The second-order valence-electron chi connectivity index (χ2n) is 3.34. The van der Waals surface area contributed by atoms with Gasteiger partial charge in [-0.25, -0.2) is 8.78 Å². The van der Waals surface area contributed by atoms with Crippen LogP contribution in [0.15, 0.2) is 29.3 Å². The molecule has 0 amide bonds. The summed E-state index contributed by atoms with van der Waals surface area (Å²) >= 11 is 3.15. The molecule has 0 radical (unpaired) electrons. The number of halogens is 3. The Morgan fingerprint density at radius 2 is 2.12 bits per heavy atom. The Balaban J connectivity index is 2.55. The standard InChI is InChI=1S/C11H12BrF2NO/c1-7(12)5-15-6-11(16)8-2-3-9(13)10(14)4-8/h2-4,11,15-16H,1,5-6H2. The van der Waals surface area contributed by atoms with Crippen LogP contribution in [0.3, 0.4) is 0 Å². The van der Waals surface area contributed by atoms with Gasteiger partial charge in [0.25, 0.3) is 0 Å². The summed E-state index contributed by atoms with van der Waals surface area (Å²) in [5.74, 6) is -1.88. The van der Waals surface area contributed by atoms with E-state index in [1.165, 1.54) is 6.07 Å². The van der Waals surface area contributed by atoms with Crippen molar-refractivity contribution in [2.75, 3.05) is 13.1 Å². The van der Waals surface area contributed by atoms with Crippen molar-refractivity contribution in [3.05, 3.63) is 46.5 Å². The number of hydrogen-bond acceptors (Lipinski definition) is 2. The molecule has 0 saturated heterocycles. The van der Waals surface area contributed by atoms with Gasteiger partial charge in [-0.05, 0) is 17.7 Å². The first kappa shape index (κ1) is 13.3. The van der Waals surface area contributed by atoms with E-state index in [1.54, 1.807) is 0 Å².